The Morgan fingerprint density at radius 1 is 1.12 bits per heavy atom. The van der Waals surface area contributed by atoms with Gasteiger partial charge in [0.05, 0.1) is 23.4 Å². The molecule has 3 rings (SSSR count). The summed E-state index contributed by atoms with van der Waals surface area (Å²) in [5.74, 6) is -0.424. The van der Waals surface area contributed by atoms with E-state index in [1.54, 1.807) is 0 Å². The summed E-state index contributed by atoms with van der Waals surface area (Å²) in [5, 5.41) is 29.6. The lowest BCUT2D eigenvalue weighted by atomic mass is 9.57. The van der Waals surface area contributed by atoms with Gasteiger partial charge < -0.3 is 10.6 Å². The zero-order valence-corrected chi connectivity index (χ0v) is 15.0. The van der Waals surface area contributed by atoms with Crippen LogP contribution in [0.3, 0.4) is 0 Å². The van der Waals surface area contributed by atoms with Gasteiger partial charge in [-0.15, -0.1) is 0 Å². The van der Waals surface area contributed by atoms with E-state index in [0.717, 1.165) is 36.1 Å². The van der Waals surface area contributed by atoms with Crippen molar-refractivity contribution >= 4 is 5.69 Å². The van der Waals surface area contributed by atoms with Crippen LogP contribution in [0.4, 0.5) is 5.69 Å². The second-order valence-corrected chi connectivity index (χ2v) is 7.09. The van der Waals surface area contributed by atoms with Crippen molar-refractivity contribution in [2.75, 3.05) is 19.0 Å². The highest BCUT2D eigenvalue weighted by atomic mass is 15.1. The van der Waals surface area contributed by atoms with Crippen LogP contribution in [0.2, 0.25) is 0 Å². The molecule has 0 radical (unpaired) electrons. The molecule has 2 aliphatic rings. The molecule has 0 aliphatic heterocycles. The van der Waals surface area contributed by atoms with E-state index in [4.69, 9.17) is 5.73 Å². The largest absolute Gasteiger partial charge is 0.399 e. The van der Waals surface area contributed by atoms with Crippen molar-refractivity contribution in [3.63, 3.8) is 0 Å². The van der Waals surface area contributed by atoms with Gasteiger partial charge in [-0.25, -0.2) is 0 Å². The normalized spacial score (nSPS) is 23.7. The van der Waals surface area contributed by atoms with Gasteiger partial charge in [-0.05, 0) is 48.4 Å². The number of nitrogens with two attached hydrogens (primary N) is 1. The first-order valence-corrected chi connectivity index (χ1v) is 8.70. The van der Waals surface area contributed by atoms with Crippen molar-refractivity contribution in [1.29, 1.82) is 15.8 Å². The molecule has 0 saturated heterocycles. The van der Waals surface area contributed by atoms with Gasteiger partial charge in [-0.3, -0.25) is 0 Å². The van der Waals surface area contributed by atoms with Crippen LogP contribution in [0, 0.1) is 45.3 Å². The summed E-state index contributed by atoms with van der Waals surface area (Å²) in [6.07, 6.45) is 4.77. The van der Waals surface area contributed by atoms with Crippen LogP contribution < -0.4 is 10.6 Å². The molecular weight excluding hydrogens is 322 g/mol. The van der Waals surface area contributed by atoms with Gasteiger partial charge in [-0.2, -0.15) is 15.8 Å². The molecule has 1 aromatic rings. The molecule has 2 N–H and O–H groups in total. The quantitative estimate of drug-likeness (QED) is 0.887. The topological polar surface area (TPSA) is 101 Å². The summed E-state index contributed by atoms with van der Waals surface area (Å²) >= 11 is 0. The third kappa shape index (κ3) is 2.43. The Bertz CT molecular complexity index is 886. The highest BCUT2D eigenvalue weighted by Crippen LogP contribution is 2.55. The maximum Gasteiger partial charge on any atom is 0.191 e. The lowest BCUT2D eigenvalue weighted by Crippen LogP contribution is -2.42. The Morgan fingerprint density at radius 3 is 2.31 bits per heavy atom. The molecule has 5 heteroatoms. The van der Waals surface area contributed by atoms with E-state index < -0.39 is 5.41 Å². The SMILES string of the molecule is CN(C)c1ccc([C@H]2[C@H]3CCCC=C3C(C#N)=C(N)C2(C#N)C#N)cc1. The van der Waals surface area contributed by atoms with Crippen LogP contribution in [0.15, 0.2) is 47.2 Å². The van der Waals surface area contributed by atoms with E-state index in [0.29, 0.717) is 5.57 Å². The smallest absolute Gasteiger partial charge is 0.191 e. The summed E-state index contributed by atoms with van der Waals surface area (Å²) in [4.78, 5) is 2.00. The van der Waals surface area contributed by atoms with Gasteiger partial charge in [0.15, 0.2) is 5.41 Å². The molecule has 0 amide bonds. The van der Waals surface area contributed by atoms with Crippen molar-refractivity contribution in [1.82, 2.24) is 0 Å². The Kier molecular flexibility index (Phi) is 4.45. The Labute approximate surface area is 154 Å². The predicted octanol–water partition coefficient (Wildman–Crippen LogP) is 3.35. The average molecular weight is 343 g/mol. The van der Waals surface area contributed by atoms with Gasteiger partial charge >= 0.3 is 0 Å². The predicted molar refractivity (Wildman–Crippen MR) is 99.4 cm³/mol. The molecule has 0 fully saturated rings. The third-order valence-corrected chi connectivity index (χ3v) is 5.57. The summed E-state index contributed by atoms with van der Waals surface area (Å²) in [7, 11) is 3.93. The van der Waals surface area contributed by atoms with Gasteiger partial charge in [0, 0.05) is 25.7 Å². The number of rotatable bonds is 2. The molecule has 0 aromatic heterocycles. The fraction of sp³-hybridized carbons (Fsp3) is 0.381. The van der Waals surface area contributed by atoms with Crippen molar-refractivity contribution in [3.05, 3.63) is 52.7 Å². The Hall–Kier alpha value is -3.23. The zero-order valence-electron chi connectivity index (χ0n) is 15.0. The molecule has 0 bridgehead atoms. The van der Waals surface area contributed by atoms with Crippen molar-refractivity contribution in [2.24, 2.45) is 17.1 Å². The molecule has 0 heterocycles. The zero-order chi connectivity index (χ0) is 18.9. The number of hydrogen-bond acceptors (Lipinski definition) is 5. The van der Waals surface area contributed by atoms with E-state index in [1.165, 1.54) is 0 Å². The van der Waals surface area contributed by atoms with Crippen molar-refractivity contribution < 1.29 is 0 Å². The van der Waals surface area contributed by atoms with Crippen molar-refractivity contribution in [3.8, 4) is 18.2 Å². The standard InChI is InChI=1S/C21H21N5/c1-26(2)15-9-7-14(8-10-15)19-17-6-4-3-5-16(17)18(11-22)20(25)21(19,12-23)13-24/h5,7-10,17,19H,3-4,6,25H2,1-2H3/t17-,19-/m0/s1. The number of nitriles is 3. The second-order valence-electron chi connectivity index (χ2n) is 7.09. The van der Waals surface area contributed by atoms with Gasteiger partial charge in [0.2, 0.25) is 0 Å². The first kappa shape index (κ1) is 17.6. The molecule has 1 aromatic carbocycles. The van der Waals surface area contributed by atoms with Crippen LogP contribution in [-0.2, 0) is 0 Å². The minimum atomic E-state index is -1.52. The average Bonchev–Trinajstić information content (AvgIpc) is 2.67. The first-order valence-electron chi connectivity index (χ1n) is 8.70. The maximum atomic E-state index is 9.97. The van der Waals surface area contributed by atoms with Crippen LogP contribution in [-0.4, -0.2) is 14.1 Å². The molecular formula is C21H21N5. The number of fused-ring (bicyclic) bond motifs is 1. The lowest BCUT2D eigenvalue weighted by molar-refractivity contribution is 0.317. The van der Waals surface area contributed by atoms with Crippen LogP contribution in [0.25, 0.3) is 0 Å². The number of allylic oxidation sites excluding steroid dienone is 4. The molecule has 2 aliphatic carbocycles. The van der Waals surface area contributed by atoms with Gasteiger partial charge in [0.1, 0.15) is 6.07 Å². The molecule has 5 nitrogen and oxygen atoms in total. The minimum Gasteiger partial charge on any atom is -0.399 e. The molecule has 26 heavy (non-hydrogen) atoms. The van der Waals surface area contributed by atoms with E-state index in [1.807, 2.05) is 43.3 Å². The fourth-order valence-corrected chi connectivity index (χ4v) is 4.23. The molecule has 0 spiro atoms. The number of benzene rings is 1. The summed E-state index contributed by atoms with van der Waals surface area (Å²) in [6.45, 7) is 0. The molecule has 2 atom stereocenters. The van der Waals surface area contributed by atoms with Crippen LogP contribution >= 0.6 is 0 Å². The van der Waals surface area contributed by atoms with Gasteiger partial charge in [-0.1, -0.05) is 18.2 Å². The van der Waals surface area contributed by atoms with E-state index >= 15 is 0 Å². The monoisotopic (exact) mass is 343 g/mol. The molecule has 0 unspecified atom stereocenters. The van der Waals surface area contributed by atoms with Crippen molar-refractivity contribution in [2.45, 2.75) is 25.2 Å². The van der Waals surface area contributed by atoms with Gasteiger partial charge in [0.25, 0.3) is 0 Å². The first-order chi connectivity index (χ1) is 12.5. The van der Waals surface area contributed by atoms with E-state index in [-0.39, 0.29) is 17.5 Å². The highest BCUT2D eigenvalue weighted by molar-refractivity contribution is 5.59. The number of anilines is 1. The Morgan fingerprint density at radius 2 is 1.77 bits per heavy atom. The summed E-state index contributed by atoms with van der Waals surface area (Å²) < 4.78 is 0. The maximum absolute atomic E-state index is 9.97. The minimum absolute atomic E-state index is 0.0461. The van der Waals surface area contributed by atoms with E-state index in [9.17, 15) is 15.8 Å². The molecule has 130 valence electrons. The summed E-state index contributed by atoms with van der Waals surface area (Å²) in [6, 6.07) is 14.4. The Balaban J connectivity index is 2.25. The van der Waals surface area contributed by atoms with Crippen LogP contribution in [0.5, 0.6) is 0 Å². The fourth-order valence-electron chi connectivity index (χ4n) is 4.23. The van der Waals surface area contributed by atoms with Crippen LogP contribution in [0.1, 0.15) is 30.7 Å². The third-order valence-electron chi connectivity index (χ3n) is 5.57. The molecule has 0 saturated carbocycles. The number of nitrogens with zero attached hydrogens (tertiary/aromatic N) is 4. The second kappa shape index (κ2) is 6.58. The highest BCUT2D eigenvalue weighted by Gasteiger charge is 2.53. The van der Waals surface area contributed by atoms with E-state index in [2.05, 4.69) is 24.3 Å². The number of hydrogen-bond donors (Lipinski definition) is 1. The lowest BCUT2D eigenvalue weighted by Gasteiger charge is -2.43. The summed E-state index contributed by atoms with van der Waals surface area (Å²) in [5.41, 5.74) is 8.02.